The van der Waals surface area contributed by atoms with Crippen molar-refractivity contribution in [2.75, 3.05) is 6.54 Å². The van der Waals surface area contributed by atoms with Crippen LogP contribution >= 0.6 is 0 Å². The van der Waals surface area contributed by atoms with E-state index in [1.54, 1.807) is 12.4 Å². The molecule has 11 heavy (non-hydrogen) atoms. The fourth-order valence-electron chi connectivity index (χ4n) is 0.897. The van der Waals surface area contributed by atoms with Gasteiger partial charge < -0.3 is 0 Å². The molecule has 1 rings (SSSR count). The lowest BCUT2D eigenvalue weighted by atomic mass is 10.1. The van der Waals surface area contributed by atoms with Gasteiger partial charge in [0, 0.05) is 12.4 Å². The Kier molecular flexibility index (Phi) is 3.25. The molecule has 0 aliphatic rings. The van der Waals surface area contributed by atoms with Gasteiger partial charge in [-0.2, -0.15) is 4.91 Å². The second kappa shape index (κ2) is 4.55. The number of aryl methyl sites for hydroxylation is 1. The Labute approximate surface area is 65.4 Å². The molecule has 1 heterocycles. The molecular weight excluding hydrogens is 140 g/mol. The minimum atomic E-state index is 0.405. The summed E-state index contributed by atoms with van der Waals surface area (Å²) in [6, 6.07) is 3.90. The minimum Gasteiger partial charge on any atom is -0.265 e. The Morgan fingerprint density at radius 1 is 1.36 bits per heavy atom. The van der Waals surface area contributed by atoms with Crippen molar-refractivity contribution >= 4 is 0 Å². The Morgan fingerprint density at radius 3 is 2.73 bits per heavy atom. The van der Waals surface area contributed by atoms with Gasteiger partial charge in [-0.25, -0.2) is 0 Å². The molecule has 0 radical (unpaired) electrons. The minimum absolute atomic E-state index is 0.405. The smallest absolute Gasteiger partial charge is 0.0814 e. The molecule has 0 N–H and O–H groups in total. The molecule has 0 saturated carbocycles. The van der Waals surface area contributed by atoms with Crippen molar-refractivity contribution in [3.8, 4) is 0 Å². The van der Waals surface area contributed by atoms with E-state index in [9.17, 15) is 4.91 Å². The third-order valence-corrected chi connectivity index (χ3v) is 1.46. The maximum absolute atomic E-state index is 9.73. The van der Waals surface area contributed by atoms with Crippen LogP contribution in [0.3, 0.4) is 0 Å². The molecule has 0 unspecified atom stereocenters. The first-order valence-corrected chi connectivity index (χ1v) is 3.61. The number of hydrogen-bond donors (Lipinski definition) is 0. The Morgan fingerprint density at radius 2 is 2.09 bits per heavy atom. The molecule has 0 aromatic carbocycles. The summed E-state index contributed by atoms with van der Waals surface area (Å²) in [4.78, 5) is 13.6. The summed E-state index contributed by atoms with van der Waals surface area (Å²) in [6.07, 6.45) is 5.25. The standard InChI is InChI=1S/C8H10N2O/c11-10-5-1-2-8-3-6-9-7-4-8/h3-4,6-7H,1-2,5H2. The lowest BCUT2D eigenvalue weighted by molar-refractivity contribution is 0.828. The van der Waals surface area contributed by atoms with Crippen molar-refractivity contribution in [1.82, 2.24) is 4.98 Å². The van der Waals surface area contributed by atoms with Crippen LogP contribution in [0.15, 0.2) is 29.7 Å². The molecule has 0 bridgehead atoms. The highest BCUT2D eigenvalue weighted by Gasteiger charge is 1.90. The van der Waals surface area contributed by atoms with Gasteiger partial charge in [-0.05, 0) is 30.5 Å². The number of nitrogens with zero attached hydrogens (tertiary/aromatic N) is 2. The number of nitroso groups, excluding NO2 is 1. The number of hydrogen-bond acceptors (Lipinski definition) is 3. The van der Waals surface area contributed by atoms with E-state index in [1.165, 1.54) is 5.56 Å². The van der Waals surface area contributed by atoms with Crippen LogP contribution in [0.1, 0.15) is 12.0 Å². The predicted molar refractivity (Wildman–Crippen MR) is 43.2 cm³/mol. The molecule has 1 aromatic heterocycles. The van der Waals surface area contributed by atoms with Gasteiger partial charge >= 0.3 is 0 Å². The van der Waals surface area contributed by atoms with Crippen LogP contribution in [-0.2, 0) is 6.42 Å². The zero-order valence-electron chi connectivity index (χ0n) is 6.23. The van der Waals surface area contributed by atoms with Crippen LogP contribution in [0, 0.1) is 4.91 Å². The number of rotatable bonds is 4. The van der Waals surface area contributed by atoms with Crippen LogP contribution in [-0.4, -0.2) is 11.5 Å². The summed E-state index contributed by atoms with van der Waals surface area (Å²) in [5.74, 6) is 0. The van der Waals surface area contributed by atoms with Crippen molar-refractivity contribution in [3.63, 3.8) is 0 Å². The van der Waals surface area contributed by atoms with Gasteiger partial charge in [0.15, 0.2) is 0 Å². The van der Waals surface area contributed by atoms with E-state index in [1.807, 2.05) is 12.1 Å². The number of pyridine rings is 1. The van der Waals surface area contributed by atoms with Crippen LogP contribution in [0.25, 0.3) is 0 Å². The van der Waals surface area contributed by atoms with Gasteiger partial charge in [-0.3, -0.25) is 4.98 Å². The first-order chi connectivity index (χ1) is 5.43. The van der Waals surface area contributed by atoms with E-state index >= 15 is 0 Å². The topological polar surface area (TPSA) is 42.3 Å². The average Bonchev–Trinajstić information content (AvgIpc) is 2.07. The second-order valence-electron chi connectivity index (χ2n) is 2.31. The van der Waals surface area contributed by atoms with Crippen LogP contribution in [0.2, 0.25) is 0 Å². The van der Waals surface area contributed by atoms with Crippen LogP contribution in [0.5, 0.6) is 0 Å². The summed E-state index contributed by atoms with van der Waals surface area (Å²) in [7, 11) is 0. The van der Waals surface area contributed by atoms with E-state index in [2.05, 4.69) is 10.2 Å². The van der Waals surface area contributed by atoms with Crippen molar-refractivity contribution in [1.29, 1.82) is 0 Å². The monoisotopic (exact) mass is 150 g/mol. The van der Waals surface area contributed by atoms with Gasteiger partial charge in [0.25, 0.3) is 0 Å². The molecule has 1 aromatic rings. The van der Waals surface area contributed by atoms with Gasteiger partial charge in [0.1, 0.15) is 0 Å². The van der Waals surface area contributed by atoms with E-state index in [0.717, 1.165) is 12.8 Å². The van der Waals surface area contributed by atoms with Gasteiger partial charge in [-0.1, -0.05) is 5.18 Å². The largest absolute Gasteiger partial charge is 0.265 e. The third kappa shape index (κ3) is 2.89. The lowest BCUT2D eigenvalue weighted by Gasteiger charge is -1.95. The molecule has 3 nitrogen and oxygen atoms in total. The SMILES string of the molecule is O=NCCCc1ccncc1. The summed E-state index contributed by atoms with van der Waals surface area (Å²) < 4.78 is 0. The maximum atomic E-state index is 9.73. The van der Waals surface area contributed by atoms with E-state index in [4.69, 9.17) is 0 Å². The summed E-state index contributed by atoms with van der Waals surface area (Å²) >= 11 is 0. The fraction of sp³-hybridized carbons (Fsp3) is 0.375. The lowest BCUT2D eigenvalue weighted by Crippen LogP contribution is -1.87. The maximum Gasteiger partial charge on any atom is 0.0814 e. The first kappa shape index (κ1) is 7.85. The Hall–Kier alpha value is -1.25. The molecule has 0 atom stereocenters. The fourth-order valence-corrected chi connectivity index (χ4v) is 0.897. The zero-order chi connectivity index (χ0) is 7.94. The van der Waals surface area contributed by atoms with E-state index < -0.39 is 0 Å². The highest BCUT2D eigenvalue weighted by Crippen LogP contribution is 2.00. The third-order valence-electron chi connectivity index (χ3n) is 1.46. The quantitative estimate of drug-likeness (QED) is 0.485. The summed E-state index contributed by atoms with van der Waals surface area (Å²) in [6.45, 7) is 0.405. The van der Waals surface area contributed by atoms with Crippen LogP contribution < -0.4 is 0 Å². The van der Waals surface area contributed by atoms with Gasteiger partial charge in [0.2, 0.25) is 0 Å². The molecule has 0 aliphatic carbocycles. The van der Waals surface area contributed by atoms with Crippen molar-refractivity contribution in [2.45, 2.75) is 12.8 Å². The summed E-state index contributed by atoms with van der Waals surface area (Å²) in [5, 5.41) is 2.79. The molecule has 58 valence electrons. The predicted octanol–water partition coefficient (Wildman–Crippen LogP) is 1.78. The highest BCUT2D eigenvalue weighted by molar-refractivity contribution is 5.09. The molecule has 0 aliphatic heterocycles. The molecule has 3 heteroatoms. The van der Waals surface area contributed by atoms with Crippen molar-refractivity contribution in [2.24, 2.45) is 5.18 Å². The molecular formula is C8H10N2O. The van der Waals surface area contributed by atoms with E-state index in [-0.39, 0.29) is 0 Å². The zero-order valence-corrected chi connectivity index (χ0v) is 6.23. The van der Waals surface area contributed by atoms with E-state index in [0.29, 0.717) is 6.54 Å². The normalized spacial score (nSPS) is 9.45. The Bertz CT molecular complexity index is 211. The molecule has 0 spiro atoms. The second-order valence-corrected chi connectivity index (χ2v) is 2.31. The highest BCUT2D eigenvalue weighted by atomic mass is 16.3. The van der Waals surface area contributed by atoms with Crippen molar-refractivity contribution < 1.29 is 0 Å². The molecule has 0 saturated heterocycles. The van der Waals surface area contributed by atoms with Crippen molar-refractivity contribution in [3.05, 3.63) is 35.0 Å². The first-order valence-electron chi connectivity index (χ1n) is 3.61. The average molecular weight is 150 g/mol. The number of aromatic nitrogens is 1. The Balaban J connectivity index is 2.33. The molecule has 0 amide bonds. The van der Waals surface area contributed by atoms with Gasteiger partial charge in [0.05, 0.1) is 6.54 Å². The molecule has 0 fully saturated rings. The van der Waals surface area contributed by atoms with Gasteiger partial charge in [-0.15, -0.1) is 0 Å². The van der Waals surface area contributed by atoms with Crippen LogP contribution in [0.4, 0.5) is 0 Å². The summed E-state index contributed by atoms with van der Waals surface area (Å²) in [5.41, 5.74) is 1.21.